The molecule has 182 valence electrons. The number of nitrogens with zero attached hydrogens (tertiary/aromatic N) is 1. The first-order valence-electron chi connectivity index (χ1n) is 11.8. The van der Waals surface area contributed by atoms with E-state index in [1.165, 1.54) is 0 Å². The second kappa shape index (κ2) is 10.7. The largest absolute Gasteiger partial charge is 0.481 e. The van der Waals surface area contributed by atoms with Crippen LogP contribution < -0.4 is 5.32 Å². The molecule has 2 aromatic rings. The van der Waals surface area contributed by atoms with Crippen LogP contribution in [0.5, 0.6) is 0 Å². The first kappa shape index (κ1) is 25.3. The van der Waals surface area contributed by atoms with E-state index in [2.05, 4.69) is 29.6 Å². The third-order valence-electron chi connectivity index (χ3n) is 6.71. The molecular weight excluding hydrogens is 432 g/mol. The second-order valence-corrected chi connectivity index (χ2v) is 9.33. The van der Waals surface area contributed by atoms with Gasteiger partial charge in [-0.15, -0.1) is 0 Å². The van der Waals surface area contributed by atoms with Gasteiger partial charge in [-0.3, -0.25) is 9.59 Å². The third-order valence-corrected chi connectivity index (χ3v) is 6.71. The fraction of sp³-hybridized carbons (Fsp3) is 0.444. The lowest BCUT2D eigenvalue weighted by Crippen LogP contribution is -2.51. The van der Waals surface area contributed by atoms with Gasteiger partial charge in [-0.1, -0.05) is 55.5 Å². The van der Waals surface area contributed by atoms with Crippen LogP contribution in [-0.4, -0.2) is 53.7 Å². The molecule has 0 aliphatic heterocycles. The predicted molar refractivity (Wildman–Crippen MR) is 131 cm³/mol. The van der Waals surface area contributed by atoms with Gasteiger partial charge in [0.05, 0.1) is 11.8 Å². The summed E-state index contributed by atoms with van der Waals surface area (Å²) in [6.45, 7) is 7.82. The summed E-state index contributed by atoms with van der Waals surface area (Å²) in [6, 6.07) is 16.1. The molecule has 34 heavy (non-hydrogen) atoms. The van der Waals surface area contributed by atoms with Gasteiger partial charge < -0.3 is 20.1 Å². The van der Waals surface area contributed by atoms with E-state index < -0.39 is 17.5 Å². The summed E-state index contributed by atoms with van der Waals surface area (Å²) in [6.07, 6.45) is -0.203. The summed E-state index contributed by atoms with van der Waals surface area (Å²) in [5, 5.41) is 11.8. The number of amides is 2. The Morgan fingerprint density at radius 2 is 1.62 bits per heavy atom. The van der Waals surface area contributed by atoms with Crippen molar-refractivity contribution in [3.05, 3.63) is 59.7 Å². The van der Waals surface area contributed by atoms with Crippen molar-refractivity contribution in [3.63, 3.8) is 0 Å². The number of aliphatic carboxylic acids is 1. The quantitative estimate of drug-likeness (QED) is 0.531. The van der Waals surface area contributed by atoms with Crippen LogP contribution in [0.1, 0.15) is 57.6 Å². The highest BCUT2D eigenvalue weighted by molar-refractivity contribution is 5.84. The number of fused-ring (bicyclic) bond motifs is 3. The first-order valence-corrected chi connectivity index (χ1v) is 11.8. The predicted octanol–water partition coefficient (Wildman–Crippen LogP) is 4.65. The van der Waals surface area contributed by atoms with E-state index in [-0.39, 0.29) is 44.0 Å². The Kier molecular flexibility index (Phi) is 7.97. The Morgan fingerprint density at radius 3 is 2.12 bits per heavy atom. The zero-order valence-electron chi connectivity index (χ0n) is 20.3. The highest BCUT2D eigenvalue weighted by atomic mass is 16.5. The standard InChI is InChI=1S/C27H34N2O5/c1-5-27(4,25(32)29(18(2)3)15-14-24(30)31)17-28-26(33)34-16-23-21-12-8-6-10-19(21)20-11-7-9-13-22(20)23/h6-13,18,23H,5,14-17H2,1-4H3,(H,28,33)(H,30,31). The highest BCUT2D eigenvalue weighted by Crippen LogP contribution is 2.44. The molecule has 0 saturated carbocycles. The summed E-state index contributed by atoms with van der Waals surface area (Å²) in [5.41, 5.74) is 3.72. The van der Waals surface area contributed by atoms with Gasteiger partial charge in [0.1, 0.15) is 6.61 Å². The van der Waals surface area contributed by atoms with E-state index in [9.17, 15) is 14.4 Å². The number of rotatable bonds is 10. The van der Waals surface area contributed by atoms with Crippen LogP contribution in [0.25, 0.3) is 11.1 Å². The fourth-order valence-electron chi connectivity index (χ4n) is 4.43. The van der Waals surface area contributed by atoms with Gasteiger partial charge in [-0.05, 0) is 49.4 Å². The van der Waals surface area contributed by atoms with Gasteiger partial charge in [0.15, 0.2) is 0 Å². The fourth-order valence-corrected chi connectivity index (χ4v) is 4.43. The minimum Gasteiger partial charge on any atom is -0.481 e. The Morgan fingerprint density at radius 1 is 1.06 bits per heavy atom. The van der Waals surface area contributed by atoms with Gasteiger partial charge in [0.25, 0.3) is 0 Å². The van der Waals surface area contributed by atoms with Crippen LogP contribution in [0.15, 0.2) is 48.5 Å². The topological polar surface area (TPSA) is 95.9 Å². The molecule has 2 amide bonds. The maximum absolute atomic E-state index is 13.2. The van der Waals surface area contributed by atoms with E-state index in [0.717, 1.165) is 22.3 Å². The van der Waals surface area contributed by atoms with Crippen molar-refractivity contribution in [1.82, 2.24) is 10.2 Å². The van der Waals surface area contributed by atoms with E-state index in [4.69, 9.17) is 9.84 Å². The van der Waals surface area contributed by atoms with Crippen LogP contribution in [0.2, 0.25) is 0 Å². The number of carbonyl (C=O) groups excluding carboxylic acids is 2. The maximum atomic E-state index is 13.2. The van der Waals surface area contributed by atoms with Crippen LogP contribution in [-0.2, 0) is 14.3 Å². The number of carboxylic acids is 1. The lowest BCUT2D eigenvalue weighted by molar-refractivity contribution is -0.144. The monoisotopic (exact) mass is 466 g/mol. The van der Waals surface area contributed by atoms with Crippen molar-refractivity contribution in [2.75, 3.05) is 19.7 Å². The van der Waals surface area contributed by atoms with Crippen molar-refractivity contribution < 1.29 is 24.2 Å². The van der Waals surface area contributed by atoms with Gasteiger partial charge in [-0.25, -0.2) is 4.79 Å². The number of carboxylic acid groups (broad SMARTS) is 1. The van der Waals surface area contributed by atoms with Crippen LogP contribution in [0.3, 0.4) is 0 Å². The Labute approximate surface area is 201 Å². The molecule has 0 radical (unpaired) electrons. The average Bonchev–Trinajstić information content (AvgIpc) is 3.14. The molecule has 7 nitrogen and oxygen atoms in total. The molecule has 1 aliphatic rings. The second-order valence-electron chi connectivity index (χ2n) is 9.33. The molecule has 0 spiro atoms. The Hall–Kier alpha value is -3.35. The molecule has 7 heteroatoms. The maximum Gasteiger partial charge on any atom is 0.407 e. The summed E-state index contributed by atoms with van der Waals surface area (Å²) < 4.78 is 5.59. The molecule has 0 aromatic heterocycles. The molecule has 1 unspecified atom stereocenters. The SMILES string of the molecule is CCC(C)(CNC(=O)OCC1c2ccccc2-c2ccccc21)C(=O)N(CCC(=O)O)C(C)C. The van der Waals surface area contributed by atoms with Gasteiger partial charge in [0, 0.05) is 25.0 Å². The van der Waals surface area contributed by atoms with Gasteiger partial charge >= 0.3 is 12.1 Å². The molecule has 2 aromatic carbocycles. The lowest BCUT2D eigenvalue weighted by atomic mass is 9.85. The smallest absolute Gasteiger partial charge is 0.407 e. The van der Waals surface area contributed by atoms with Crippen molar-refractivity contribution in [3.8, 4) is 11.1 Å². The molecule has 1 aliphatic carbocycles. The number of alkyl carbamates (subject to hydrolysis) is 1. The normalized spacial score (nSPS) is 14.1. The van der Waals surface area contributed by atoms with E-state index in [0.29, 0.717) is 6.42 Å². The minimum absolute atomic E-state index is 0.0372. The minimum atomic E-state index is -0.951. The van der Waals surface area contributed by atoms with Crippen LogP contribution in [0.4, 0.5) is 4.79 Å². The van der Waals surface area contributed by atoms with Crippen molar-refractivity contribution in [2.24, 2.45) is 5.41 Å². The zero-order chi connectivity index (χ0) is 24.9. The van der Waals surface area contributed by atoms with Crippen molar-refractivity contribution in [1.29, 1.82) is 0 Å². The zero-order valence-corrected chi connectivity index (χ0v) is 20.3. The van der Waals surface area contributed by atoms with Crippen LogP contribution in [0, 0.1) is 5.41 Å². The number of carbonyl (C=O) groups is 3. The van der Waals surface area contributed by atoms with E-state index in [1.54, 1.807) is 11.8 Å². The number of nitrogens with one attached hydrogen (secondary N) is 1. The van der Waals surface area contributed by atoms with Gasteiger partial charge in [-0.2, -0.15) is 0 Å². The van der Waals surface area contributed by atoms with Crippen molar-refractivity contribution in [2.45, 2.75) is 52.5 Å². The lowest BCUT2D eigenvalue weighted by Gasteiger charge is -2.36. The number of hydrogen-bond acceptors (Lipinski definition) is 4. The van der Waals surface area contributed by atoms with Gasteiger partial charge in [0.2, 0.25) is 5.91 Å². The van der Waals surface area contributed by atoms with E-state index >= 15 is 0 Å². The average molecular weight is 467 g/mol. The van der Waals surface area contributed by atoms with Crippen LogP contribution >= 0.6 is 0 Å². The number of ether oxygens (including phenoxy) is 1. The number of benzene rings is 2. The molecule has 0 saturated heterocycles. The first-order chi connectivity index (χ1) is 16.2. The molecule has 0 bridgehead atoms. The molecule has 2 N–H and O–H groups in total. The highest BCUT2D eigenvalue weighted by Gasteiger charge is 2.37. The Bertz CT molecular complexity index is 1010. The third kappa shape index (κ3) is 5.41. The number of hydrogen-bond donors (Lipinski definition) is 2. The summed E-state index contributed by atoms with van der Waals surface area (Å²) in [4.78, 5) is 38.4. The van der Waals surface area contributed by atoms with Crippen molar-refractivity contribution >= 4 is 18.0 Å². The molecule has 0 fully saturated rings. The van der Waals surface area contributed by atoms with E-state index in [1.807, 2.05) is 45.0 Å². The summed E-state index contributed by atoms with van der Waals surface area (Å²) in [7, 11) is 0. The molecule has 1 atom stereocenters. The summed E-state index contributed by atoms with van der Waals surface area (Å²) in [5.74, 6) is -1.16. The summed E-state index contributed by atoms with van der Waals surface area (Å²) >= 11 is 0. The molecular formula is C27H34N2O5. The molecule has 0 heterocycles. The molecule has 3 rings (SSSR count). The Balaban J connectivity index is 1.62.